The van der Waals surface area contributed by atoms with Crippen molar-refractivity contribution in [3.8, 4) is 0 Å². The maximum atomic E-state index is 12.0. The molecule has 1 saturated heterocycles. The molecule has 0 aromatic carbocycles. The lowest BCUT2D eigenvalue weighted by molar-refractivity contribution is -0.139. The number of rotatable bonds is 4. The van der Waals surface area contributed by atoms with Gasteiger partial charge in [0.1, 0.15) is 0 Å². The van der Waals surface area contributed by atoms with E-state index < -0.39 is 17.0 Å². The molecule has 1 fully saturated rings. The standard InChI is InChI=1S/C11H20N2O4/c1-10(2,7-8(14)15)13-9(16)11(12)3-5-17-6-4-11/h3-7,12H2,1-2H3,(H,13,16)(H,14,15). The predicted octanol–water partition coefficient (Wildman–Crippen LogP) is -0.136. The van der Waals surface area contributed by atoms with Gasteiger partial charge in [-0.1, -0.05) is 0 Å². The third-order valence-corrected chi connectivity index (χ3v) is 2.88. The van der Waals surface area contributed by atoms with Gasteiger partial charge in [-0.05, 0) is 26.7 Å². The molecule has 0 aromatic heterocycles. The molecule has 0 bridgehead atoms. The lowest BCUT2D eigenvalue weighted by Crippen LogP contribution is -2.61. The van der Waals surface area contributed by atoms with E-state index in [4.69, 9.17) is 15.6 Å². The largest absolute Gasteiger partial charge is 0.481 e. The summed E-state index contributed by atoms with van der Waals surface area (Å²) in [7, 11) is 0. The second kappa shape index (κ2) is 5.01. The molecule has 4 N–H and O–H groups in total. The van der Waals surface area contributed by atoms with Crippen molar-refractivity contribution in [1.82, 2.24) is 5.32 Å². The van der Waals surface area contributed by atoms with Gasteiger partial charge in [0.05, 0.1) is 12.0 Å². The highest BCUT2D eigenvalue weighted by molar-refractivity contribution is 5.87. The van der Waals surface area contributed by atoms with Gasteiger partial charge in [0.15, 0.2) is 0 Å². The van der Waals surface area contributed by atoms with Crippen molar-refractivity contribution in [3.05, 3.63) is 0 Å². The summed E-state index contributed by atoms with van der Waals surface area (Å²) in [5.41, 5.74) is 4.27. The molecule has 0 radical (unpaired) electrons. The molecular weight excluding hydrogens is 224 g/mol. The van der Waals surface area contributed by atoms with Gasteiger partial charge in [-0.2, -0.15) is 0 Å². The van der Waals surface area contributed by atoms with Gasteiger partial charge in [-0.15, -0.1) is 0 Å². The van der Waals surface area contributed by atoms with Crippen LogP contribution in [-0.4, -0.2) is 41.3 Å². The molecule has 1 amide bonds. The zero-order valence-electron chi connectivity index (χ0n) is 10.3. The van der Waals surface area contributed by atoms with Crippen molar-refractivity contribution >= 4 is 11.9 Å². The minimum Gasteiger partial charge on any atom is -0.481 e. The van der Waals surface area contributed by atoms with E-state index in [1.807, 2.05) is 0 Å². The maximum absolute atomic E-state index is 12.0. The third-order valence-electron chi connectivity index (χ3n) is 2.88. The Balaban J connectivity index is 2.61. The van der Waals surface area contributed by atoms with E-state index >= 15 is 0 Å². The Hall–Kier alpha value is -1.14. The van der Waals surface area contributed by atoms with Crippen LogP contribution in [0.4, 0.5) is 0 Å². The van der Waals surface area contributed by atoms with E-state index in [-0.39, 0.29) is 12.3 Å². The molecule has 1 aliphatic heterocycles. The van der Waals surface area contributed by atoms with E-state index in [9.17, 15) is 9.59 Å². The summed E-state index contributed by atoms with van der Waals surface area (Å²) in [6.07, 6.45) is 0.787. The molecule has 6 heteroatoms. The Morgan fingerprint density at radius 2 is 1.94 bits per heavy atom. The average Bonchev–Trinajstić information content (AvgIpc) is 2.15. The number of nitrogens with one attached hydrogen (secondary N) is 1. The van der Waals surface area contributed by atoms with Crippen LogP contribution < -0.4 is 11.1 Å². The van der Waals surface area contributed by atoms with Crippen LogP contribution >= 0.6 is 0 Å². The summed E-state index contributed by atoms with van der Waals surface area (Å²) >= 11 is 0. The van der Waals surface area contributed by atoms with Crippen LogP contribution in [0.5, 0.6) is 0 Å². The second-order valence-electron chi connectivity index (χ2n) is 5.18. The minimum atomic E-state index is -0.951. The number of amides is 1. The summed E-state index contributed by atoms with van der Waals surface area (Å²) in [4.78, 5) is 22.7. The molecule has 0 saturated carbocycles. The number of carbonyl (C=O) groups excluding carboxylic acids is 1. The van der Waals surface area contributed by atoms with Gasteiger partial charge in [-0.25, -0.2) is 0 Å². The summed E-state index contributed by atoms with van der Waals surface area (Å²) in [6, 6.07) is 0. The average molecular weight is 244 g/mol. The minimum absolute atomic E-state index is 0.134. The molecular formula is C11H20N2O4. The molecule has 1 heterocycles. The Morgan fingerprint density at radius 3 is 2.41 bits per heavy atom. The van der Waals surface area contributed by atoms with Crippen molar-refractivity contribution in [2.45, 2.75) is 44.2 Å². The quantitative estimate of drug-likeness (QED) is 0.639. The number of carboxylic acids is 1. The summed E-state index contributed by atoms with van der Waals surface area (Å²) in [5.74, 6) is -1.25. The topological polar surface area (TPSA) is 102 Å². The van der Waals surface area contributed by atoms with Crippen molar-refractivity contribution in [2.24, 2.45) is 5.73 Å². The Labute approximate surface area is 101 Å². The Bertz CT molecular complexity index is 309. The van der Waals surface area contributed by atoms with Gasteiger partial charge in [0.2, 0.25) is 5.91 Å². The van der Waals surface area contributed by atoms with E-state index in [2.05, 4.69) is 5.32 Å². The zero-order valence-corrected chi connectivity index (χ0v) is 10.3. The fourth-order valence-electron chi connectivity index (χ4n) is 1.82. The van der Waals surface area contributed by atoms with Crippen molar-refractivity contribution in [1.29, 1.82) is 0 Å². The highest BCUT2D eigenvalue weighted by Crippen LogP contribution is 2.19. The highest BCUT2D eigenvalue weighted by atomic mass is 16.5. The first-order valence-corrected chi connectivity index (χ1v) is 5.66. The molecule has 0 unspecified atom stereocenters. The number of aliphatic carboxylic acids is 1. The summed E-state index contributed by atoms with van der Waals surface area (Å²) in [6.45, 7) is 4.26. The summed E-state index contributed by atoms with van der Waals surface area (Å²) < 4.78 is 5.16. The van der Waals surface area contributed by atoms with Gasteiger partial charge < -0.3 is 20.9 Å². The van der Waals surface area contributed by atoms with Gasteiger partial charge >= 0.3 is 5.97 Å². The SMILES string of the molecule is CC(C)(CC(=O)O)NC(=O)C1(N)CCOCC1. The van der Waals surface area contributed by atoms with Crippen LogP contribution in [0.25, 0.3) is 0 Å². The normalized spacial score (nSPS) is 19.7. The number of carboxylic acid groups (broad SMARTS) is 1. The molecule has 6 nitrogen and oxygen atoms in total. The van der Waals surface area contributed by atoms with Crippen molar-refractivity contribution < 1.29 is 19.4 Å². The zero-order chi connectivity index (χ0) is 13.1. The fraction of sp³-hybridized carbons (Fsp3) is 0.818. The number of nitrogens with two attached hydrogens (primary N) is 1. The Morgan fingerprint density at radius 1 is 1.41 bits per heavy atom. The van der Waals surface area contributed by atoms with Crippen LogP contribution in [0.2, 0.25) is 0 Å². The maximum Gasteiger partial charge on any atom is 0.305 e. The molecule has 0 aliphatic carbocycles. The number of hydrogen-bond donors (Lipinski definition) is 3. The highest BCUT2D eigenvalue weighted by Gasteiger charge is 2.38. The van der Waals surface area contributed by atoms with Crippen LogP contribution in [0.1, 0.15) is 33.1 Å². The smallest absolute Gasteiger partial charge is 0.305 e. The molecule has 0 spiro atoms. The predicted molar refractivity (Wildman–Crippen MR) is 61.4 cm³/mol. The first-order chi connectivity index (χ1) is 7.75. The molecule has 0 aromatic rings. The van der Waals surface area contributed by atoms with E-state index in [1.165, 1.54) is 0 Å². The third kappa shape index (κ3) is 3.98. The van der Waals surface area contributed by atoms with Gasteiger partial charge in [0.25, 0.3) is 0 Å². The monoisotopic (exact) mass is 244 g/mol. The molecule has 1 aliphatic rings. The van der Waals surface area contributed by atoms with Gasteiger partial charge in [-0.3, -0.25) is 9.59 Å². The van der Waals surface area contributed by atoms with Crippen molar-refractivity contribution in [3.63, 3.8) is 0 Å². The second-order valence-corrected chi connectivity index (χ2v) is 5.18. The lowest BCUT2D eigenvalue weighted by atomic mass is 9.88. The van der Waals surface area contributed by atoms with Crippen LogP contribution in [0.3, 0.4) is 0 Å². The molecule has 98 valence electrons. The molecule has 1 rings (SSSR count). The van der Waals surface area contributed by atoms with Crippen LogP contribution in [0.15, 0.2) is 0 Å². The van der Waals surface area contributed by atoms with E-state index in [0.717, 1.165) is 0 Å². The Kier molecular flexibility index (Phi) is 4.11. The lowest BCUT2D eigenvalue weighted by Gasteiger charge is -2.35. The first-order valence-electron chi connectivity index (χ1n) is 5.66. The van der Waals surface area contributed by atoms with E-state index in [0.29, 0.717) is 26.1 Å². The van der Waals surface area contributed by atoms with Crippen LogP contribution in [0, 0.1) is 0 Å². The number of ether oxygens (including phenoxy) is 1. The van der Waals surface area contributed by atoms with Crippen molar-refractivity contribution in [2.75, 3.05) is 13.2 Å². The number of hydrogen-bond acceptors (Lipinski definition) is 4. The van der Waals surface area contributed by atoms with Gasteiger partial charge in [0, 0.05) is 18.8 Å². The van der Waals surface area contributed by atoms with Crippen LogP contribution in [-0.2, 0) is 14.3 Å². The fourth-order valence-corrected chi connectivity index (χ4v) is 1.82. The first kappa shape index (κ1) is 13.9. The number of carbonyl (C=O) groups is 2. The van der Waals surface area contributed by atoms with E-state index in [1.54, 1.807) is 13.8 Å². The molecule has 17 heavy (non-hydrogen) atoms. The molecule has 0 atom stereocenters. The summed E-state index contributed by atoms with van der Waals surface area (Å²) in [5, 5.41) is 11.4.